The molecule has 0 saturated heterocycles. The molecule has 0 amide bonds. The Balaban J connectivity index is 1.95. The number of nitrogens with one attached hydrogen (secondary N) is 2. The number of ether oxygens (including phenoxy) is 1. The molecule has 0 unspecified atom stereocenters. The van der Waals surface area contributed by atoms with Gasteiger partial charge >= 0.3 is 6.36 Å². The topological polar surface area (TPSA) is 111 Å². The summed E-state index contributed by atoms with van der Waals surface area (Å²) in [5.74, 6) is 0.115. The predicted octanol–water partition coefficient (Wildman–Crippen LogP) is 3.72. The minimum absolute atomic E-state index is 0.0902. The number of rotatable bonds is 5. The first-order valence-corrected chi connectivity index (χ1v) is 10.8. The number of alkyl halides is 3. The van der Waals surface area contributed by atoms with Crippen LogP contribution < -0.4 is 20.5 Å². The number of hydrogen-bond acceptors (Lipinski definition) is 5. The number of halogens is 3. The molecule has 0 fully saturated rings. The van der Waals surface area contributed by atoms with Gasteiger partial charge in [-0.05, 0) is 56.4 Å². The van der Waals surface area contributed by atoms with Crippen LogP contribution in [0.2, 0.25) is 0 Å². The van der Waals surface area contributed by atoms with Crippen LogP contribution in [0.5, 0.6) is 5.75 Å². The highest BCUT2D eigenvalue weighted by Gasteiger charge is 2.32. The maximum Gasteiger partial charge on any atom is 0.573 e. The van der Waals surface area contributed by atoms with Crippen molar-refractivity contribution < 1.29 is 26.3 Å². The summed E-state index contributed by atoms with van der Waals surface area (Å²) >= 11 is 5.24. The van der Waals surface area contributed by atoms with Crippen molar-refractivity contribution in [2.24, 2.45) is 5.14 Å². The third-order valence-corrected chi connectivity index (χ3v) is 5.39. The Hall–Kier alpha value is -2.90. The van der Waals surface area contributed by atoms with Gasteiger partial charge in [0.25, 0.3) is 0 Å². The van der Waals surface area contributed by atoms with Crippen LogP contribution in [0, 0.1) is 6.92 Å². The molecule has 166 valence electrons. The quantitative estimate of drug-likeness (QED) is 0.484. The number of primary sulfonamides is 1. The average Bonchev–Trinajstić information content (AvgIpc) is 2.97. The van der Waals surface area contributed by atoms with E-state index in [0.29, 0.717) is 17.7 Å². The fourth-order valence-corrected chi connectivity index (χ4v) is 3.82. The van der Waals surface area contributed by atoms with E-state index in [1.807, 2.05) is 24.5 Å². The Morgan fingerprint density at radius 2 is 1.90 bits per heavy atom. The molecule has 8 nitrogen and oxygen atoms in total. The van der Waals surface area contributed by atoms with Crippen LogP contribution in [0.25, 0.3) is 11.0 Å². The van der Waals surface area contributed by atoms with Crippen LogP contribution in [0.1, 0.15) is 12.7 Å². The molecule has 0 atom stereocenters. The zero-order valence-corrected chi connectivity index (χ0v) is 18.0. The van der Waals surface area contributed by atoms with E-state index < -0.39 is 27.0 Å². The molecular formula is C18H18F3N5O3S2. The Morgan fingerprint density at radius 1 is 1.23 bits per heavy atom. The molecule has 0 bridgehead atoms. The van der Waals surface area contributed by atoms with Gasteiger partial charge in [0.15, 0.2) is 10.9 Å². The zero-order chi connectivity index (χ0) is 23.0. The number of imidazole rings is 1. The lowest BCUT2D eigenvalue weighted by Gasteiger charge is -2.17. The van der Waals surface area contributed by atoms with Crippen LogP contribution >= 0.6 is 12.2 Å². The first-order chi connectivity index (χ1) is 14.4. The van der Waals surface area contributed by atoms with Gasteiger partial charge < -0.3 is 19.9 Å². The number of fused-ring (bicyclic) bond motifs is 1. The number of hydrogen-bond donors (Lipinski definition) is 3. The second kappa shape index (κ2) is 8.32. The number of sulfonamides is 1. The molecule has 3 aromatic rings. The summed E-state index contributed by atoms with van der Waals surface area (Å²) in [4.78, 5) is 4.05. The summed E-state index contributed by atoms with van der Waals surface area (Å²) in [5, 5.41) is 10.4. The van der Waals surface area contributed by atoms with Gasteiger partial charge in [-0.3, -0.25) is 0 Å². The molecule has 3 rings (SSSR count). The van der Waals surface area contributed by atoms with Gasteiger partial charge in [0.2, 0.25) is 10.0 Å². The Kier molecular flexibility index (Phi) is 6.11. The Bertz CT molecular complexity index is 1260. The number of thiocarbonyl (C=S) groups is 1. The van der Waals surface area contributed by atoms with E-state index in [0.717, 1.165) is 29.5 Å². The standard InChI is InChI=1S/C18H18F3N5O3S2/c1-3-26-10(2)23-12-5-4-6-13(16(12)26)24-17(30)25-14-9-11(31(22,27)28)7-8-15(14)29-18(19,20)21/h4-9H,3H2,1-2H3,(H2,22,27,28)(H2,24,25,30). The molecule has 4 N–H and O–H groups in total. The SMILES string of the molecule is CCn1c(C)nc2cccc(NC(=S)Nc3cc(S(N)(=O)=O)ccc3OC(F)(F)F)c21. The van der Waals surface area contributed by atoms with Crippen molar-refractivity contribution in [1.29, 1.82) is 0 Å². The van der Waals surface area contributed by atoms with Crippen LogP contribution in [0.15, 0.2) is 41.3 Å². The number of benzene rings is 2. The average molecular weight is 474 g/mol. The highest BCUT2D eigenvalue weighted by Crippen LogP contribution is 2.32. The van der Waals surface area contributed by atoms with E-state index >= 15 is 0 Å². The van der Waals surface area contributed by atoms with E-state index in [2.05, 4.69) is 20.4 Å². The molecule has 0 radical (unpaired) electrons. The lowest BCUT2D eigenvalue weighted by atomic mass is 10.2. The van der Waals surface area contributed by atoms with Crippen molar-refractivity contribution in [2.75, 3.05) is 10.6 Å². The monoisotopic (exact) mass is 473 g/mol. The number of aromatic nitrogens is 2. The fourth-order valence-electron chi connectivity index (χ4n) is 3.06. The van der Waals surface area contributed by atoms with Crippen molar-refractivity contribution in [3.05, 3.63) is 42.2 Å². The fraction of sp³-hybridized carbons (Fsp3) is 0.222. The molecule has 0 aliphatic heterocycles. The summed E-state index contributed by atoms with van der Waals surface area (Å²) in [7, 11) is -4.17. The summed E-state index contributed by atoms with van der Waals surface area (Å²) < 4.78 is 67.4. The summed E-state index contributed by atoms with van der Waals surface area (Å²) in [6.07, 6.45) is -4.99. The third kappa shape index (κ3) is 5.24. The largest absolute Gasteiger partial charge is 0.573 e. The van der Waals surface area contributed by atoms with E-state index in [4.69, 9.17) is 17.4 Å². The molecule has 13 heteroatoms. The summed E-state index contributed by atoms with van der Waals surface area (Å²) in [5.41, 5.74) is 1.72. The van der Waals surface area contributed by atoms with Crippen LogP contribution in [0.3, 0.4) is 0 Å². The minimum Gasteiger partial charge on any atom is -0.404 e. The minimum atomic E-state index is -4.99. The lowest BCUT2D eigenvalue weighted by Crippen LogP contribution is -2.23. The van der Waals surface area contributed by atoms with Crippen LogP contribution in [-0.2, 0) is 16.6 Å². The van der Waals surface area contributed by atoms with E-state index in [1.54, 1.807) is 12.1 Å². The van der Waals surface area contributed by atoms with Crippen molar-refractivity contribution in [1.82, 2.24) is 9.55 Å². The molecular weight excluding hydrogens is 455 g/mol. The molecule has 0 saturated carbocycles. The Morgan fingerprint density at radius 3 is 2.52 bits per heavy atom. The molecule has 0 aliphatic rings. The van der Waals surface area contributed by atoms with Gasteiger partial charge in [0, 0.05) is 6.54 Å². The van der Waals surface area contributed by atoms with Crippen molar-refractivity contribution in [3.63, 3.8) is 0 Å². The van der Waals surface area contributed by atoms with E-state index in [-0.39, 0.29) is 10.8 Å². The molecule has 0 spiro atoms. The second-order valence-electron chi connectivity index (χ2n) is 6.41. The van der Waals surface area contributed by atoms with E-state index in [1.165, 1.54) is 0 Å². The first-order valence-electron chi connectivity index (χ1n) is 8.85. The number of anilines is 2. The highest BCUT2D eigenvalue weighted by molar-refractivity contribution is 7.89. The normalized spacial score (nSPS) is 12.1. The number of aryl methyl sites for hydroxylation is 2. The first kappa shape index (κ1) is 22.8. The molecule has 2 aromatic carbocycles. The molecule has 1 aromatic heterocycles. The molecule has 0 aliphatic carbocycles. The predicted molar refractivity (Wildman–Crippen MR) is 114 cm³/mol. The number of nitrogens with two attached hydrogens (primary N) is 1. The second-order valence-corrected chi connectivity index (χ2v) is 8.38. The lowest BCUT2D eigenvalue weighted by molar-refractivity contribution is -0.274. The van der Waals surface area contributed by atoms with Crippen molar-refractivity contribution in [3.8, 4) is 5.75 Å². The molecule has 1 heterocycles. The van der Waals surface area contributed by atoms with Crippen molar-refractivity contribution in [2.45, 2.75) is 31.7 Å². The van der Waals surface area contributed by atoms with Gasteiger partial charge in [-0.2, -0.15) is 0 Å². The van der Waals surface area contributed by atoms with Gasteiger partial charge in [-0.15, -0.1) is 13.2 Å². The summed E-state index contributed by atoms with van der Waals surface area (Å²) in [6, 6.07) is 7.96. The number of para-hydroxylation sites is 1. The Labute approximate surface area is 181 Å². The zero-order valence-electron chi connectivity index (χ0n) is 16.3. The number of nitrogens with zero attached hydrogens (tertiary/aromatic N) is 2. The van der Waals surface area contributed by atoms with Gasteiger partial charge in [-0.1, -0.05) is 6.07 Å². The molecule has 31 heavy (non-hydrogen) atoms. The van der Waals surface area contributed by atoms with Gasteiger partial charge in [0.1, 0.15) is 5.82 Å². The maximum atomic E-state index is 12.7. The van der Waals surface area contributed by atoms with Crippen molar-refractivity contribution >= 4 is 49.8 Å². The third-order valence-electron chi connectivity index (χ3n) is 4.28. The van der Waals surface area contributed by atoms with Gasteiger partial charge in [-0.25, -0.2) is 18.5 Å². The van der Waals surface area contributed by atoms with Gasteiger partial charge in [0.05, 0.1) is 27.3 Å². The smallest absolute Gasteiger partial charge is 0.404 e. The van der Waals surface area contributed by atoms with Crippen LogP contribution in [-0.4, -0.2) is 29.4 Å². The van der Waals surface area contributed by atoms with E-state index in [9.17, 15) is 21.6 Å². The highest BCUT2D eigenvalue weighted by atomic mass is 32.2. The van der Waals surface area contributed by atoms with Crippen LogP contribution in [0.4, 0.5) is 24.5 Å². The maximum absolute atomic E-state index is 12.7. The summed E-state index contributed by atoms with van der Waals surface area (Å²) in [6.45, 7) is 4.44.